The molecule has 0 aliphatic heterocycles. The summed E-state index contributed by atoms with van der Waals surface area (Å²) in [5, 5.41) is 4.22. The van der Waals surface area contributed by atoms with Crippen molar-refractivity contribution < 1.29 is 17.6 Å². The number of hydrogen-bond acceptors (Lipinski definition) is 6. The minimum absolute atomic E-state index is 0.134. The highest BCUT2D eigenvalue weighted by Crippen LogP contribution is 2.16. The first-order chi connectivity index (χ1) is 15.4. The quantitative estimate of drug-likeness (QED) is 0.347. The first kappa shape index (κ1) is 21.0. The molecule has 1 heterocycles. The average Bonchev–Trinajstić information content (AvgIpc) is 2.81. The van der Waals surface area contributed by atoms with Crippen LogP contribution in [0.4, 0.5) is 5.69 Å². The summed E-state index contributed by atoms with van der Waals surface area (Å²) in [5.74, 6) is -0.524. The Morgan fingerprint density at radius 1 is 0.906 bits per heavy atom. The van der Waals surface area contributed by atoms with Gasteiger partial charge in [-0.25, -0.2) is 13.8 Å². The maximum Gasteiger partial charge on any atom is 0.271 e. The molecule has 4 aromatic rings. The van der Waals surface area contributed by atoms with Gasteiger partial charge in [0.05, 0.1) is 22.1 Å². The molecule has 160 valence electrons. The summed E-state index contributed by atoms with van der Waals surface area (Å²) in [5.41, 5.74) is 3.28. The highest BCUT2D eigenvalue weighted by molar-refractivity contribution is 7.92. The van der Waals surface area contributed by atoms with Crippen LogP contribution in [0.5, 0.6) is 0 Å². The van der Waals surface area contributed by atoms with Gasteiger partial charge in [-0.3, -0.25) is 14.3 Å². The van der Waals surface area contributed by atoms with Gasteiger partial charge in [-0.1, -0.05) is 30.3 Å². The van der Waals surface area contributed by atoms with Crippen LogP contribution in [0.25, 0.3) is 11.0 Å². The minimum atomic E-state index is -3.72. The van der Waals surface area contributed by atoms with Crippen LogP contribution in [0.2, 0.25) is 0 Å². The number of benzene rings is 3. The second kappa shape index (κ2) is 8.86. The molecule has 8 nitrogen and oxygen atoms in total. The van der Waals surface area contributed by atoms with Crippen molar-refractivity contribution in [1.82, 2.24) is 5.43 Å². The first-order valence-electron chi connectivity index (χ1n) is 9.46. The summed E-state index contributed by atoms with van der Waals surface area (Å²) >= 11 is 0. The molecule has 0 bridgehead atoms. The fourth-order valence-corrected chi connectivity index (χ4v) is 3.99. The molecule has 0 saturated heterocycles. The molecule has 0 aliphatic carbocycles. The third kappa shape index (κ3) is 4.57. The Kier molecular flexibility index (Phi) is 5.82. The highest BCUT2D eigenvalue weighted by Gasteiger charge is 2.14. The van der Waals surface area contributed by atoms with Crippen LogP contribution < -0.4 is 15.6 Å². The highest BCUT2D eigenvalue weighted by atomic mass is 32.2. The Morgan fingerprint density at radius 2 is 1.59 bits per heavy atom. The Morgan fingerprint density at radius 3 is 2.34 bits per heavy atom. The number of carbonyl (C=O) groups excluding carboxylic acids is 1. The van der Waals surface area contributed by atoms with E-state index in [9.17, 15) is 18.0 Å². The summed E-state index contributed by atoms with van der Waals surface area (Å²) in [6, 6.07) is 20.6. The molecule has 1 amide bonds. The van der Waals surface area contributed by atoms with Crippen LogP contribution in [0.3, 0.4) is 0 Å². The standard InChI is InChI=1S/C23H17N3O5S/c27-22-17(15-31-21-9-5-4-8-20(21)22)14-24-25-23(28)16-10-12-18(13-11-16)26-32(29,30)19-6-2-1-3-7-19/h1-15,26H,(H,25,28)/b24-14+. The van der Waals surface area contributed by atoms with Gasteiger partial charge in [0.2, 0.25) is 5.43 Å². The van der Waals surface area contributed by atoms with Crippen molar-refractivity contribution in [1.29, 1.82) is 0 Å². The van der Waals surface area contributed by atoms with Gasteiger partial charge in [0.15, 0.2) is 0 Å². The SMILES string of the molecule is O=C(N/N=C/c1coc2ccccc2c1=O)c1ccc(NS(=O)(=O)c2ccccc2)cc1. The summed E-state index contributed by atoms with van der Waals surface area (Å²) in [6.07, 6.45) is 2.48. The van der Waals surface area contributed by atoms with Crippen LogP contribution in [-0.4, -0.2) is 20.5 Å². The molecule has 9 heteroatoms. The number of anilines is 1. The van der Waals surface area contributed by atoms with Gasteiger partial charge in [0.1, 0.15) is 11.8 Å². The summed E-state index contributed by atoms with van der Waals surface area (Å²) in [7, 11) is -3.72. The predicted molar refractivity (Wildman–Crippen MR) is 121 cm³/mol. The largest absolute Gasteiger partial charge is 0.463 e. The van der Waals surface area contributed by atoms with E-state index >= 15 is 0 Å². The van der Waals surface area contributed by atoms with Crippen molar-refractivity contribution in [2.45, 2.75) is 4.90 Å². The van der Waals surface area contributed by atoms with Crippen molar-refractivity contribution in [2.75, 3.05) is 4.72 Å². The third-order valence-corrected chi connectivity index (χ3v) is 5.93. The van der Waals surface area contributed by atoms with Crippen molar-refractivity contribution in [2.24, 2.45) is 5.10 Å². The lowest BCUT2D eigenvalue weighted by Gasteiger charge is -2.08. The molecule has 0 radical (unpaired) electrons. The molecule has 0 fully saturated rings. The second-order valence-corrected chi connectivity index (χ2v) is 8.39. The van der Waals surface area contributed by atoms with Crippen LogP contribution in [0, 0.1) is 0 Å². The second-order valence-electron chi connectivity index (χ2n) is 6.71. The molecular formula is C23H17N3O5S. The van der Waals surface area contributed by atoms with Crippen molar-refractivity contribution in [3.63, 3.8) is 0 Å². The van der Waals surface area contributed by atoms with E-state index in [1.165, 1.54) is 48.9 Å². The maximum atomic E-state index is 12.4. The Balaban J connectivity index is 1.42. The molecule has 2 N–H and O–H groups in total. The Bertz CT molecular complexity index is 1460. The first-order valence-corrected chi connectivity index (χ1v) is 10.9. The Labute approximate surface area is 183 Å². The third-order valence-electron chi connectivity index (χ3n) is 4.53. The molecule has 4 rings (SSSR count). The maximum absolute atomic E-state index is 12.4. The number of amides is 1. The minimum Gasteiger partial charge on any atom is -0.463 e. The van der Waals surface area contributed by atoms with Gasteiger partial charge >= 0.3 is 0 Å². The number of rotatable bonds is 6. The molecule has 0 saturated carbocycles. The molecule has 0 spiro atoms. The summed E-state index contributed by atoms with van der Waals surface area (Å²) < 4.78 is 32.6. The van der Waals surface area contributed by atoms with E-state index in [4.69, 9.17) is 4.42 Å². The lowest BCUT2D eigenvalue weighted by atomic mass is 10.2. The van der Waals surface area contributed by atoms with Crippen LogP contribution >= 0.6 is 0 Å². The van der Waals surface area contributed by atoms with E-state index in [1.54, 1.807) is 42.5 Å². The molecule has 3 aromatic carbocycles. The Hall–Kier alpha value is -4.24. The van der Waals surface area contributed by atoms with Crippen LogP contribution in [-0.2, 0) is 10.0 Å². The van der Waals surface area contributed by atoms with Crippen molar-refractivity contribution >= 4 is 38.8 Å². The molecule has 0 aliphatic rings. The molecular weight excluding hydrogens is 430 g/mol. The van der Waals surface area contributed by atoms with Gasteiger partial charge in [-0.15, -0.1) is 0 Å². The fraction of sp³-hybridized carbons (Fsp3) is 0. The lowest BCUT2D eigenvalue weighted by Crippen LogP contribution is -2.19. The number of nitrogens with one attached hydrogen (secondary N) is 2. The van der Waals surface area contributed by atoms with Gasteiger partial charge in [-0.2, -0.15) is 5.10 Å². The smallest absolute Gasteiger partial charge is 0.271 e. The molecule has 32 heavy (non-hydrogen) atoms. The zero-order chi connectivity index (χ0) is 22.6. The van der Waals surface area contributed by atoms with Gasteiger partial charge in [0.25, 0.3) is 15.9 Å². The van der Waals surface area contributed by atoms with E-state index in [0.717, 1.165) is 0 Å². The van der Waals surface area contributed by atoms with Crippen LogP contribution in [0.15, 0.2) is 104 Å². The average molecular weight is 447 g/mol. The topological polar surface area (TPSA) is 118 Å². The number of nitrogens with zero attached hydrogens (tertiary/aromatic N) is 1. The predicted octanol–water partition coefficient (Wildman–Crippen LogP) is 3.36. The molecule has 1 aromatic heterocycles. The zero-order valence-corrected chi connectivity index (χ0v) is 17.4. The monoisotopic (exact) mass is 447 g/mol. The van der Waals surface area contributed by atoms with Gasteiger partial charge in [-0.05, 0) is 48.5 Å². The fourth-order valence-electron chi connectivity index (χ4n) is 2.91. The van der Waals surface area contributed by atoms with Crippen LogP contribution in [0.1, 0.15) is 15.9 Å². The molecule has 0 unspecified atom stereocenters. The number of fused-ring (bicyclic) bond motifs is 1. The number of carbonyl (C=O) groups is 1. The molecule has 0 atom stereocenters. The normalized spacial score (nSPS) is 11.5. The van der Waals surface area contributed by atoms with Gasteiger partial charge < -0.3 is 4.42 Å². The van der Waals surface area contributed by atoms with E-state index < -0.39 is 15.9 Å². The number of para-hydroxylation sites is 1. The number of sulfonamides is 1. The van der Waals surface area contributed by atoms with Crippen molar-refractivity contribution in [3.05, 3.63) is 106 Å². The summed E-state index contributed by atoms with van der Waals surface area (Å²) in [6.45, 7) is 0. The van der Waals surface area contributed by atoms with E-state index in [-0.39, 0.29) is 21.5 Å². The number of hydrazone groups is 1. The lowest BCUT2D eigenvalue weighted by molar-refractivity contribution is 0.0955. The summed E-state index contributed by atoms with van der Waals surface area (Å²) in [4.78, 5) is 24.8. The van der Waals surface area contributed by atoms with Gasteiger partial charge in [0, 0.05) is 11.3 Å². The number of hydrogen-bond donors (Lipinski definition) is 2. The van der Waals surface area contributed by atoms with E-state index in [1.807, 2.05) is 0 Å². The van der Waals surface area contributed by atoms with E-state index in [2.05, 4.69) is 15.2 Å². The zero-order valence-electron chi connectivity index (χ0n) is 16.6. The van der Waals surface area contributed by atoms with Crippen molar-refractivity contribution in [3.8, 4) is 0 Å². The van der Waals surface area contributed by atoms with E-state index in [0.29, 0.717) is 16.7 Å².